The van der Waals surface area contributed by atoms with Gasteiger partial charge in [0.2, 0.25) is 5.78 Å². The van der Waals surface area contributed by atoms with E-state index in [1.54, 1.807) is 36.4 Å². The highest BCUT2D eigenvalue weighted by atomic mass is 16.3. The summed E-state index contributed by atoms with van der Waals surface area (Å²) < 4.78 is 0. The van der Waals surface area contributed by atoms with Gasteiger partial charge in [-0.15, -0.1) is 0 Å². The molecule has 2 N–H and O–H groups in total. The molecule has 134 valence electrons. The topological polar surface area (TPSA) is 70.2 Å². The van der Waals surface area contributed by atoms with E-state index in [1.807, 2.05) is 12.1 Å². The highest BCUT2D eigenvalue weighted by molar-refractivity contribution is 6.12. The number of pyridine rings is 1. The van der Waals surface area contributed by atoms with E-state index in [9.17, 15) is 14.7 Å². The number of nitrogens with one attached hydrogen (secondary N) is 1. The minimum absolute atomic E-state index is 0.202. The molecule has 4 heteroatoms. The lowest BCUT2D eigenvalue weighted by Gasteiger charge is -2.09. The summed E-state index contributed by atoms with van der Waals surface area (Å²) in [5.41, 5.74) is 1.23. The van der Waals surface area contributed by atoms with Gasteiger partial charge in [0.1, 0.15) is 11.3 Å². The molecule has 0 aliphatic heterocycles. The van der Waals surface area contributed by atoms with Gasteiger partial charge in [0.25, 0.3) is 5.56 Å². The first kappa shape index (κ1) is 17.9. The first-order valence-electron chi connectivity index (χ1n) is 9.09. The smallest absolute Gasteiger partial charge is 0.263 e. The molecule has 3 aromatic rings. The van der Waals surface area contributed by atoms with Gasteiger partial charge in [0.15, 0.2) is 0 Å². The fraction of sp³-hybridized carbons (Fsp3) is 0.273. The van der Waals surface area contributed by atoms with Gasteiger partial charge in [0.05, 0.1) is 5.52 Å². The first-order valence-corrected chi connectivity index (χ1v) is 9.09. The van der Waals surface area contributed by atoms with E-state index in [0.717, 1.165) is 18.4 Å². The van der Waals surface area contributed by atoms with E-state index in [-0.39, 0.29) is 11.3 Å². The Morgan fingerprint density at radius 1 is 1.04 bits per heavy atom. The van der Waals surface area contributed by atoms with Crippen LogP contribution in [0, 0.1) is 0 Å². The number of ketones is 1. The van der Waals surface area contributed by atoms with Crippen molar-refractivity contribution in [2.75, 3.05) is 0 Å². The lowest BCUT2D eigenvalue weighted by molar-refractivity contribution is 0.103. The minimum atomic E-state index is -0.570. The molecule has 26 heavy (non-hydrogen) atoms. The molecule has 0 saturated carbocycles. The fourth-order valence-corrected chi connectivity index (χ4v) is 3.18. The molecule has 0 bridgehead atoms. The predicted molar refractivity (Wildman–Crippen MR) is 104 cm³/mol. The van der Waals surface area contributed by atoms with E-state index in [2.05, 4.69) is 11.9 Å². The largest absolute Gasteiger partial charge is 0.506 e. The summed E-state index contributed by atoms with van der Waals surface area (Å²) in [5.74, 6) is -0.715. The lowest BCUT2D eigenvalue weighted by atomic mass is 9.99. The number of aromatic hydroxyl groups is 1. The maximum atomic E-state index is 12.7. The molecule has 0 aliphatic rings. The number of hydrogen-bond donors (Lipinski definition) is 2. The second-order valence-corrected chi connectivity index (χ2v) is 6.56. The lowest BCUT2D eigenvalue weighted by Crippen LogP contribution is -2.18. The molecule has 0 spiro atoms. The Kier molecular flexibility index (Phi) is 5.52. The molecule has 1 heterocycles. The minimum Gasteiger partial charge on any atom is -0.506 e. The summed E-state index contributed by atoms with van der Waals surface area (Å²) in [6, 6.07) is 14.2. The Morgan fingerprint density at radius 2 is 1.81 bits per heavy atom. The molecular weight excluding hydrogens is 326 g/mol. The summed E-state index contributed by atoms with van der Waals surface area (Å²) in [5, 5.41) is 11.2. The van der Waals surface area contributed by atoms with Crippen molar-refractivity contribution in [1.82, 2.24) is 4.98 Å². The molecule has 0 fully saturated rings. The third kappa shape index (κ3) is 3.69. The summed E-state index contributed by atoms with van der Waals surface area (Å²) in [7, 11) is 0. The van der Waals surface area contributed by atoms with Crippen molar-refractivity contribution in [2.24, 2.45) is 0 Å². The van der Waals surface area contributed by atoms with E-state index in [1.165, 1.54) is 19.3 Å². The summed E-state index contributed by atoms with van der Waals surface area (Å²) >= 11 is 0. The number of carbonyl (C=O) groups excluding carboxylic acids is 1. The van der Waals surface area contributed by atoms with Crippen LogP contribution in [0.5, 0.6) is 5.75 Å². The average Bonchev–Trinajstić information content (AvgIpc) is 2.66. The predicted octanol–water partition coefficient (Wildman–Crippen LogP) is 4.59. The molecule has 0 unspecified atom stereocenters. The van der Waals surface area contributed by atoms with Crippen molar-refractivity contribution in [3.63, 3.8) is 0 Å². The monoisotopic (exact) mass is 349 g/mol. The zero-order chi connectivity index (χ0) is 18.5. The van der Waals surface area contributed by atoms with Crippen LogP contribution < -0.4 is 5.56 Å². The van der Waals surface area contributed by atoms with Gasteiger partial charge in [-0.1, -0.05) is 62.6 Å². The number of fused-ring (bicyclic) bond motifs is 1. The van der Waals surface area contributed by atoms with Crippen LogP contribution in [0.1, 0.15) is 54.1 Å². The highest BCUT2D eigenvalue weighted by Gasteiger charge is 2.20. The maximum absolute atomic E-state index is 12.7. The zero-order valence-corrected chi connectivity index (χ0v) is 14.9. The van der Waals surface area contributed by atoms with Gasteiger partial charge >= 0.3 is 0 Å². The van der Waals surface area contributed by atoms with Gasteiger partial charge < -0.3 is 10.1 Å². The quantitative estimate of drug-likeness (QED) is 0.484. The van der Waals surface area contributed by atoms with Crippen molar-refractivity contribution in [2.45, 2.75) is 39.0 Å². The van der Waals surface area contributed by atoms with Gasteiger partial charge in [-0.2, -0.15) is 0 Å². The van der Waals surface area contributed by atoms with E-state index in [0.29, 0.717) is 16.5 Å². The van der Waals surface area contributed by atoms with Crippen LogP contribution in [0.15, 0.2) is 53.3 Å². The molecular formula is C22H23NO3. The van der Waals surface area contributed by atoms with Crippen LogP contribution in [0.4, 0.5) is 0 Å². The molecule has 0 radical (unpaired) electrons. The van der Waals surface area contributed by atoms with Crippen LogP contribution in [0.25, 0.3) is 10.9 Å². The SMILES string of the molecule is CCCCCCc1ccc2[nH]c(=O)c(C(=O)c3ccccc3)c(O)c2c1. The summed E-state index contributed by atoms with van der Waals surface area (Å²) in [6.07, 6.45) is 5.56. The summed E-state index contributed by atoms with van der Waals surface area (Å²) in [4.78, 5) is 27.8. The maximum Gasteiger partial charge on any atom is 0.263 e. The number of benzene rings is 2. The van der Waals surface area contributed by atoms with Crippen molar-refractivity contribution in [3.8, 4) is 5.75 Å². The normalized spacial score (nSPS) is 11.0. The third-order valence-corrected chi connectivity index (χ3v) is 4.63. The number of aromatic nitrogens is 1. The van der Waals surface area contributed by atoms with Crippen LogP contribution in [-0.4, -0.2) is 15.9 Å². The molecule has 0 saturated heterocycles. The molecule has 0 aliphatic carbocycles. The van der Waals surface area contributed by atoms with Crippen molar-refractivity contribution >= 4 is 16.7 Å². The molecule has 2 aromatic carbocycles. The van der Waals surface area contributed by atoms with Gasteiger partial charge in [-0.25, -0.2) is 0 Å². The molecule has 0 atom stereocenters. The standard InChI is InChI=1S/C22H23NO3/c1-2-3-4-6-9-15-12-13-18-17(14-15)21(25)19(22(26)23-18)20(24)16-10-7-5-8-11-16/h5,7-8,10-14H,2-4,6,9H2,1H3,(H2,23,25,26). The van der Waals surface area contributed by atoms with Crippen LogP contribution in [0.2, 0.25) is 0 Å². The van der Waals surface area contributed by atoms with Crippen LogP contribution >= 0.6 is 0 Å². The van der Waals surface area contributed by atoms with E-state index >= 15 is 0 Å². The number of H-pyrrole nitrogens is 1. The Hall–Kier alpha value is -2.88. The summed E-state index contributed by atoms with van der Waals surface area (Å²) in [6.45, 7) is 2.18. The first-order chi connectivity index (χ1) is 12.6. The van der Waals surface area contributed by atoms with Crippen LogP contribution in [0.3, 0.4) is 0 Å². The van der Waals surface area contributed by atoms with Gasteiger partial charge in [-0.3, -0.25) is 9.59 Å². The number of rotatable bonds is 7. The fourth-order valence-electron chi connectivity index (χ4n) is 3.18. The number of aryl methyl sites for hydroxylation is 1. The van der Waals surface area contributed by atoms with E-state index in [4.69, 9.17) is 0 Å². The second kappa shape index (κ2) is 8.00. The van der Waals surface area contributed by atoms with Gasteiger partial charge in [-0.05, 0) is 30.5 Å². The molecule has 4 nitrogen and oxygen atoms in total. The van der Waals surface area contributed by atoms with Crippen molar-refractivity contribution in [1.29, 1.82) is 0 Å². The molecule has 1 aromatic heterocycles. The highest BCUT2D eigenvalue weighted by Crippen LogP contribution is 2.28. The van der Waals surface area contributed by atoms with Crippen molar-refractivity contribution in [3.05, 3.63) is 75.6 Å². The van der Waals surface area contributed by atoms with Crippen LogP contribution in [-0.2, 0) is 6.42 Å². The molecule has 0 amide bonds. The van der Waals surface area contributed by atoms with Crippen molar-refractivity contribution < 1.29 is 9.90 Å². The Bertz CT molecular complexity index is 974. The van der Waals surface area contributed by atoms with E-state index < -0.39 is 11.3 Å². The Balaban J connectivity index is 1.99. The molecule has 3 rings (SSSR count). The number of unbranched alkanes of at least 4 members (excludes halogenated alkanes) is 3. The number of aromatic amines is 1. The zero-order valence-electron chi connectivity index (χ0n) is 14.9. The second-order valence-electron chi connectivity index (χ2n) is 6.56. The Labute approximate surface area is 152 Å². The average molecular weight is 349 g/mol. The number of hydrogen-bond acceptors (Lipinski definition) is 3. The number of carbonyl (C=O) groups is 1. The third-order valence-electron chi connectivity index (χ3n) is 4.63. The Morgan fingerprint density at radius 3 is 2.54 bits per heavy atom. The van der Waals surface area contributed by atoms with Gasteiger partial charge in [0, 0.05) is 10.9 Å².